The van der Waals surface area contributed by atoms with Crippen molar-refractivity contribution < 1.29 is 8.42 Å². The highest BCUT2D eigenvalue weighted by atomic mass is 32.2. The Morgan fingerprint density at radius 3 is 2.90 bits per heavy atom. The molecule has 0 saturated carbocycles. The van der Waals surface area contributed by atoms with Gasteiger partial charge in [-0.2, -0.15) is 5.10 Å². The number of nitrogens with one attached hydrogen (secondary N) is 2. The lowest BCUT2D eigenvalue weighted by Gasteiger charge is -2.11. The van der Waals surface area contributed by atoms with Crippen LogP contribution in [0.3, 0.4) is 0 Å². The summed E-state index contributed by atoms with van der Waals surface area (Å²) in [6.45, 7) is 2.21. The monoisotopic (exact) mass is 309 g/mol. The van der Waals surface area contributed by atoms with Crippen LogP contribution in [0.4, 0.5) is 0 Å². The van der Waals surface area contributed by atoms with E-state index in [9.17, 15) is 8.42 Å². The summed E-state index contributed by atoms with van der Waals surface area (Å²) in [5.41, 5.74) is 6.75. The highest BCUT2D eigenvalue weighted by Crippen LogP contribution is 2.18. The molecule has 0 aliphatic heterocycles. The third-order valence-electron chi connectivity index (χ3n) is 3.16. The molecule has 2 rings (SSSR count). The average molecular weight is 309 g/mol. The Morgan fingerprint density at radius 1 is 1.43 bits per heavy atom. The number of aromatic nitrogens is 3. The number of hydrogen-bond acceptors (Lipinski definition) is 5. The SMILES string of the molecule is CCC(N)c1cccc(S(=O)(=O)NCCc2ncn[nH]2)c1. The molecule has 1 aromatic carbocycles. The van der Waals surface area contributed by atoms with Crippen LogP contribution in [0, 0.1) is 0 Å². The minimum Gasteiger partial charge on any atom is -0.324 e. The van der Waals surface area contributed by atoms with Crippen molar-refractivity contribution in [2.24, 2.45) is 5.73 Å². The summed E-state index contributed by atoms with van der Waals surface area (Å²) < 4.78 is 27.0. The van der Waals surface area contributed by atoms with Gasteiger partial charge < -0.3 is 5.73 Å². The van der Waals surface area contributed by atoms with Gasteiger partial charge in [0.05, 0.1) is 4.90 Å². The maximum Gasteiger partial charge on any atom is 0.240 e. The summed E-state index contributed by atoms with van der Waals surface area (Å²) in [7, 11) is -3.55. The van der Waals surface area contributed by atoms with Gasteiger partial charge in [0.25, 0.3) is 0 Å². The summed E-state index contributed by atoms with van der Waals surface area (Å²) in [5, 5.41) is 6.39. The van der Waals surface area contributed by atoms with E-state index in [1.165, 1.54) is 6.33 Å². The number of nitrogens with two attached hydrogens (primary N) is 1. The third-order valence-corrected chi connectivity index (χ3v) is 4.61. The molecule has 0 spiro atoms. The molecule has 1 heterocycles. The van der Waals surface area contributed by atoms with Gasteiger partial charge in [0.15, 0.2) is 0 Å². The lowest BCUT2D eigenvalue weighted by molar-refractivity contribution is 0.580. The first-order valence-corrected chi connectivity index (χ1v) is 8.20. The zero-order valence-electron chi connectivity index (χ0n) is 11.8. The van der Waals surface area contributed by atoms with Crippen LogP contribution in [-0.4, -0.2) is 30.1 Å². The van der Waals surface area contributed by atoms with Crippen LogP contribution in [0.15, 0.2) is 35.5 Å². The number of H-pyrrole nitrogens is 1. The van der Waals surface area contributed by atoms with E-state index in [1.807, 2.05) is 13.0 Å². The van der Waals surface area contributed by atoms with E-state index in [-0.39, 0.29) is 17.5 Å². The second-order valence-corrected chi connectivity index (χ2v) is 6.43. The minimum absolute atomic E-state index is 0.158. The van der Waals surface area contributed by atoms with E-state index in [0.29, 0.717) is 12.2 Å². The summed E-state index contributed by atoms with van der Waals surface area (Å²) in [5.74, 6) is 0.638. The lowest BCUT2D eigenvalue weighted by atomic mass is 10.1. The molecule has 1 atom stereocenters. The Morgan fingerprint density at radius 2 is 2.24 bits per heavy atom. The van der Waals surface area contributed by atoms with Crippen LogP contribution in [0.1, 0.15) is 30.8 Å². The van der Waals surface area contributed by atoms with Crippen LogP contribution in [0.5, 0.6) is 0 Å². The fourth-order valence-electron chi connectivity index (χ4n) is 1.89. The maximum absolute atomic E-state index is 12.2. The van der Waals surface area contributed by atoms with Gasteiger partial charge in [0.1, 0.15) is 12.2 Å². The molecule has 114 valence electrons. The first-order valence-electron chi connectivity index (χ1n) is 6.72. The Labute approximate surface area is 124 Å². The Bertz CT molecular complexity index is 670. The van der Waals surface area contributed by atoms with E-state index in [2.05, 4.69) is 19.9 Å². The number of rotatable bonds is 7. The van der Waals surface area contributed by atoms with Crippen molar-refractivity contribution in [3.05, 3.63) is 42.0 Å². The van der Waals surface area contributed by atoms with Gasteiger partial charge in [-0.1, -0.05) is 19.1 Å². The number of hydrogen-bond donors (Lipinski definition) is 3. The molecule has 0 radical (unpaired) electrons. The highest BCUT2D eigenvalue weighted by Gasteiger charge is 2.15. The van der Waals surface area contributed by atoms with Crippen molar-refractivity contribution in [3.8, 4) is 0 Å². The zero-order chi connectivity index (χ0) is 15.3. The van der Waals surface area contributed by atoms with Gasteiger partial charge in [0.2, 0.25) is 10.0 Å². The zero-order valence-corrected chi connectivity index (χ0v) is 12.6. The number of sulfonamides is 1. The van der Waals surface area contributed by atoms with Crippen LogP contribution in [0.25, 0.3) is 0 Å². The van der Waals surface area contributed by atoms with E-state index in [1.54, 1.807) is 18.2 Å². The predicted molar refractivity (Wildman–Crippen MR) is 78.9 cm³/mol. The molecule has 2 aromatic rings. The highest BCUT2D eigenvalue weighted by molar-refractivity contribution is 7.89. The van der Waals surface area contributed by atoms with Crippen molar-refractivity contribution in [3.63, 3.8) is 0 Å². The van der Waals surface area contributed by atoms with Gasteiger partial charge in [-0.15, -0.1) is 0 Å². The summed E-state index contributed by atoms with van der Waals surface area (Å²) >= 11 is 0. The Kier molecular flexibility index (Phi) is 5.05. The second kappa shape index (κ2) is 6.79. The quantitative estimate of drug-likeness (QED) is 0.698. The lowest BCUT2D eigenvalue weighted by Crippen LogP contribution is -2.26. The summed E-state index contributed by atoms with van der Waals surface area (Å²) in [6, 6.07) is 6.56. The normalized spacial score (nSPS) is 13.2. The van der Waals surface area contributed by atoms with Crippen LogP contribution >= 0.6 is 0 Å². The molecule has 4 N–H and O–H groups in total. The molecular weight excluding hydrogens is 290 g/mol. The fourth-order valence-corrected chi connectivity index (χ4v) is 2.97. The Hall–Kier alpha value is -1.77. The fraction of sp³-hybridized carbons (Fsp3) is 0.385. The van der Waals surface area contributed by atoms with Crippen molar-refractivity contribution in [2.45, 2.75) is 30.7 Å². The third kappa shape index (κ3) is 4.10. The Balaban J connectivity index is 2.05. The van der Waals surface area contributed by atoms with Gasteiger partial charge in [-0.25, -0.2) is 18.1 Å². The van der Waals surface area contributed by atoms with E-state index in [4.69, 9.17) is 5.73 Å². The molecule has 0 amide bonds. The van der Waals surface area contributed by atoms with E-state index >= 15 is 0 Å². The molecule has 0 fully saturated rings. The topological polar surface area (TPSA) is 114 Å². The van der Waals surface area contributed by atoms with Crippen molar-refractivity contribution in [1.82, 2.24) is 19.9 Å². The molecule has 0 saturated heterocycles. The largest absolute Gasteiger partial charge is 0.324 e. The molecule has 1 aromatic heterocycles. The minimum atomic E-state index is -3.55. The van der Waals surface area contributed by atoms with Gasteiger partial charge >= 0.3 is 0 Å². The van der Waals surface area contributed by atoms with Crippen molar-refractivity contribution >= 4 is 10.0 Å². The molecular formula is C13H19N5O2S. The molecule has 21 heavy (non-hydrogen) atoms. The molecule has 0 bridgehead atoms. The average Bonchev–Trinajstić information content (AvgIpc) is 2.99. The predicted octanol–water partition coefficient (Wildman–Crippen LogP) is 0.735. The van der Waals surface area contributed by atoms with Gasteiger partial charge in [-0.3, -0.25) is 5.10 Å². The molecule has 1 unspecified atom stereocenters. The summed E-state index contributed by atoms with van der Waals surface area (Å²) in [6.07, 6.45) is 2.59. The van der Waals surface area contributed by atoms with Crippen molar-refractivity contribution in [2.75, 3.05) is 6.54 Å². The second-order valence-electron chi connectivity index (χ2n) is 4.67. The summed E-state index contributed by atoms with van der Waals surface area (Å²) in [4.78, 5) is 4.16. The molecule has 0 aliphatic carbocycles. The first kappa shape index (κ1) is 15.6. The molecule has 7 nitrogen and oxygen atoms in total. The van der Waals surface area contributed by atoms with E-state index in [0.717, 1.165) is 12.0 Å². The van der Waals surface area contributed by atoms with E-state index < -0.39 is 10.0 Å². The maximum atomic E-state index is 12.2. The standard InChI is InChI=1S/C13H19N5O2S/c1-2-12(14)10-4-3-5-11(8-10)21(19,20)17-7-6-13-15-9-16-18-13/h3-5,8-9,12,17H,2,6-7,14H2,1H3,(H,15,16,18). The molecule has 0 aliphatic rings. The molecule has 8 heteroatoms. The van der Waals surface area contributed by atoms with Crippen LogP contribution in [0.2, 0.25) is 0 Å². The van der Waals surface area contributed by atoms with Crippen LogP contribution in [-0.2, 0) is 16.4 Å². The number of nitrogens with zero attached hydrogens (tertiary/aromatic N) is 2. The van der Waals surface area contributed by atoms with Crippen LogP contribution < -0.4 is 10.5 Å². The number of aromatic amines is 1. The van der Waals surface area contributed by atoms with Gasteiger partial charge in [-0.05, 0) is 24.1 Å². The van der Waals surface area contributed by atoms with Gasteiger partial charge in [0, 0.05) is 19.0 Å². The van der Waals surface area contributed by atoms with Crippen molar-refractivity contribution in [1.29, 1.82) is 0 Å². The number of benzene rings is 1. The first-order chi connectivity index (χ1) is 10.0. The smallest absolute Gasteiger partial charge is 0.240 e.